The van der Waals surface area contributed by atoms with E-state index in [1.807, 2.05) is 0 Å². The van der Waals surface area contributed by atoms with Gasteiger partial charge in [0, 0.05) is 5.69 Å². The van der Waals surface area contributed by atoms with Crippen molar-refractivity contribution in [2.75, 3.05) is 4.72 Å². The molecule has 21 heavy (non-hydrogen) atoms. The van der Waals surface area contributed by atoms with Gasteiger partial charge in [-0.25, -0.2) is 8.42 Å². The van der Waals surface area contributed by atoms with Crippen LogP contribution in [0.25, 0.3) is 0 Å². The smallest absolute Gasteiger partial charge is 0.423 e. The van der Waals surface area contributed by atoms with Crippen LogP contribution in [0.4, 0.5) is 5.69 Å². The molecule has 0 unspecified atom stereocenters. The molecule has 2 rings (SSSR count). The summed E-state index contributed by atoms with van der Waals surface area (Å²) in [4.78, 5) is -0.301. The summed E-state index contributed by atoms with van der Waals surface area (Å²) in [7, 11) is -4.99. The van der Waals surface area contributed by atoms with E-state index in [9.17, 15) is 13.4 Å². The Hall–Kier alpha value is -2.08. The van der Waals surface area contributed by atoms with Crippen LogP contribution in [0, 0.1) is 11.3 Å². The lowest BCUT2D eigenvalue weighted by Crippen LogP contribution is -2.28. The highest BCUT2D eigenvalue weighted by Crippen LogP contribution is 2.20. The lowest BCUT2D eigenvalue weighted by Gasteiger charge is -2.10. The maximum absolute atomic E-state index is 12.1. The summed E-state index contributed by atoms with van der Waals surface area (Å²) in [6.07, 6.45) is 1.38. The molecule has 0 atom stereocenters. The van der Waals surface area contributed by atoms with E-state index in [-0.39, 0.29) is 22.8 Å². The van der Waals surface area contributed by atoms with Gasteiger partial charge in [0.1, 0.15) is 6.07 Å². The Morgan fingerprint density at radius 2 is 2.33 bits per heavy atom. The van der Waals surface area contributed by atoms with Crippen molar-refractivity contribution in [1.29, 1.82) is 5.26 Å². The lowest BCUT2D eigenvalue weighted by atomic mass is 9.79. The van der Waals surface area contributed by atoms with Gasteiger partial charge < -0.3 is 9.68 Å². The zero-order valence-corrected chi connectivity index (χ0v) is 12.1. The van der Waals surface area contributed by atoms with E-state index in [1.165, 1.54) is 12.1 Å². The second-order valence-corrected chi connectivity index (χ2v) is 6.12. The quantitative estimate of drug-likeness (QED) is 0.483. The normalized spacial score (nSPS) is 14.5. The molecule has 0 aliphatic carbocycles. The largest absolute Gasteiger partial charge is 0.491 e. The number of hydrogen-bond donors (Lipinski definition) is 2. The Morgan fingerprint density at radius 1 is 1.62 bits per heavy atom. The highest BCUT2D eigenvalue weighted by molar-refractivity contribution is 7.96. The standard InChI is InChI=1S/C13H13BN2O4S/c1-3-10(7-15)9(2)21(18,19)16-12-5-4-11-8-20-14(17)13(11)6-12/h3-6,16-17H,2,8H2,1H3/b10-3-. The third kappa shape index (κ3) is 3.00. The van der Waals surface area contributed by atoms with Crippen molar-refractivity contribution in [1.82, 2.24) is 0 Å². The number of nitrogens with one attached hydrogen (secondary N) is 1. The molecule has 2 N–H and O–H groups in total. The maximum atomic E-state index is 12.1. The van der Waals surface area contributed by atoms with Crippen LogP contribution in [-0.4, -0.2) is 20.6 Å². The van der Waals surface area contributed by atoms with Gasteiger partial charge in [0.25, 0.3) is 10.0 Å². The van der Waals surface area contributed by atoms with Gasteiger partial charge in [0.15, 0.2) is 0 Å². The zero-order chi connectivity index (χ0) is 15.6. The summed E-state index contributed by atoms with van der Waals surface area (Å²) in [6.45, 7) is 5.28. The Kier molecular flexibility index (Phi) is 4.18. The van der Waals surface area contributed by atoms with Crippen molar-refractivity contribution in [3.63, 3.8) is 0 Å². The van der Waals surface area contributed by atoms with E-state index >= 15 is 0 Å². The molecule has 0 radical (unpaired) electrons. The van der Waals surface area contributed by atoms with Gasteiger partial charge in [0.05, 0.1) is 17.1 Å². The van der Waals surface area contributed by atoms with Crippen LogP contribution in [0.5, 0.6) is 0 Å². The first-order chi connectivity index (χ1) is 9.89. The first-order valence-corrected chi connectivity index (χ1v) is 7.58. The fraction of sp³-hybridized carbons (Fsp3) is 0.154. The molecule has 108 valence electrons. The van der Waals surface area contributed by atoms with Crippen LogP contribution >= 0.6 is 0 Å². The minimum Gasteiger partial charge on any atom is -0.423 e. The number of nitriles is 1. The first-order valence-electron chi connectivity index (χ1n) is 6.10. The molecule has 0 aromatic heterocycles. The summed E-state index contributed by atoms with van der Waals surface area (Å²) in [5, 5.41) is 18.5. The Morgan fingerprint density at radius 3 is 2.95 bits per heavy atom. The van der Waals surface area contributed by atoms with Crippen molar-refractivity contribution in [3.05, 3.63) is 46.9 Å². The predicted molar refractivity (Wildman–Crippen MR) is 79.9 cm³/mol. The first kappa shape index (κ1) is 15.3. The summed E-state index contributed by atoms with van der Waals surface area (Å²) < 4.78 is 31.7. The Bertz CT molecular complexity index is 765. The van der Waals surface area contributed by atoms with Gasteiger partial charge in [0.2, 0.25) is 0 Å². The van der Waals surface area contributed by atoms with E-state index in [2.05, 4.69) is 11.3 Å². The van der Waals surface area contributed by atoms with Crippen LogP contribution in [0.1, 0.15) is 12.5 Å². The van der Waals surface area contributed by atoms with Gasteiger partial charge in [-0.05, 0) is 30.1 Å². The molecule has 1 heterocycles. The fourth-order valence-electron chi connectivity index (χ4n) is 1.93. The predicted octanol–water partition coefficient (Wildman–Crippen LogP) is 0.630. The summed E-state index contributed by atoms with van der Waals surface area (Å²) in [5.41, 5.74) is 1.57. The van der Waals surface area contributed by atoms with Crippen molar-refractivity contribution < 1.29 is 18.1 Å². The summed E-state index contributed by atoms with van der Waals surface area (Å²) in [5.74, 6) is 0. The monoisotopic (exact) mass is 304 g/mol. The minimum atomic E-state index is -3.93. The van der Waals surface area contributed by atoms with E-state index < -0.39 is 17.1 Å². The van der Waals surface area contributed by atoms with E-state index in [4.69, 9.17) is 9.92 Å². The zero-order valence-electron chi connectivity index (χ0n) is 11.3. The molecule has 1 aliphatic heterocycles. The number of nitrogens with zero attached hydrogens (tertiary/aromatic N) is 1. The third-order valence-electron chi connectivity index (χ3n) is 3.09. The van der Waals surface area contributed by atoms with E-state index in [0.29, 0.717) is 5.46 Å². The molecular formula is C13H13BN2O4S. The van der Waals surface area contributed by atoms with Gasteiger partial charge in [-0.3, -0.25) is 4.72 Å². The Balaban J connectivity index is 2.28. The van der Waals surface area contributed by atoms with Gasteiger partial charge in [-0.15, -0.1) is 0 Å². The van der Waals surface area contributed by atoms with E-state index in [1.54, 1.807) is 25.1 Å². The van der Waals surface area contributed by atoms with Crippen molar-refractivity contribution in [3.8, 4) is 6.07 Å². The van der Waals surface area contributed by atoms with Crippen LogP contribution in [0.2, 0.25) is 0 Å². The van der Waals surface area contributed by atoms with E-state index in [0.717, 1.165) is 5.56 Å². The van der Waals surface area contributed by atoms with Gasteiger partial charge in [-0.2, -0.15) is 5.26 Å². The van der Waals surface area contributed by atoms with Crippen molar-refractivity contribution >= 4 is 28.3 Å². The average molecular weight is 304 g/mol. The number of anilines is 1. The molecule has 1 aliphatic rings. The number of allylic oxidation sites excluding steroid dienone is 2. The molecule has 0 spiro atoms. The molecule has 1 aromatic carbocycles. The number of benzene rings is 1. The highest BCUT2D eigenvalue weighted by atomic mass is 32.2. The van der Waals surface area contributed by atoms with Crippen LogP contribution in [0.15, 0.2) is 41.3 Å². The molecule has 0 amide bonds. The lowest BCUT2D eigenvalue weighted by molar-refractivity contribution is 0.275. The number of sulfonamides is 1. The number of rotatable bonds is 4. The third-order valence-corrected chi connectivity index (χ3v) is 4.47. The molecule has 0 fully saturated rings. The fourth-order valence-corrected chi connectivity index (χ4v) is 2.94. The SMILES string of the molecule is C=C(/C(C#N)=C\C)S(=O)(=O)Nc1ccc2c(c1)B(O)OC2. The van der Waals surface area contributed by atoms with Crippen molar-refractivity contribution in [2.45, 2.75) is 13.5 Å². The summed E-state index contributed by atoms with van der Waals surface area (Å²) in [6, 6.07) is 6.51. The molecular weight excluding hydrogens is 291 g/mol. The van der Waals surface area contributed by atoms with Crippen LogP contribution in [-0.2, 0) is 21.3 Å². The molecule has 6 nitrogen and oxygen atoms in total. The van der Waals surface area contributed by atoms with Gasteiger partial charge >= 0.3 is 7.12 Å². The second kappa shape index (κ2) is 5.73. The Labute approximate surface area is 123 Å². The second-order valence-electron chi connectivity index (χ2n) is 4.42. The average Bonchev–Trinajstić information content (AvgIpc) is 2.81. The minimum absolute atomic E-state index is 0.0213. The molecule has 1 aromatic rings. The molecule has 8 heteroatoms. The maximum Gasteiger partial charge on any atom is 0.491 e. The topological polar surface area (TPSA) is 99.4 Å². The number of hydrogen-bond acceptors (Lipinski definition) is 5. The summed E-state index contributed by atoms with van der Waals surface area (Å²) >= 11 is 0. The highest BCUT2D eigenvalue weighted by Gasteiger charge is 2.28. The van der Waals surface area contributed by atoms with Crippen molar-refractivity contribution in [2.24, 2.45) is 0 Å². The molecule has 0 saturated carbocycles. The van der Waals surface area contributed by atoms with Crippen LogP contribution in [0.3, 0.4) is 0 Å². The molecule has 0 bridgehead atoms. The van der Waals surface area contributed by atoms with Gasteiger partial charge in [-0.1, -0.05) is 18.7 Å². The van der Waals surface area contributed by atoms with Crippen LogP contribution < -0.4 is 10.2 Å². The number of fused-ring (bicyclic) bond motifs is 1. The molecule has 0 saturated heterocycles.